The summed E-state index contributed by atoms with van der Waals surface area (Å²) in [6, 6.07) is 11.7. The highest BCUT2D eigenvalue weighted by molar-refractivity contribution is 7.89. The van der Waals surface area contributed by atoms with Gasteiger partial charge in [0.25, 0.3) is 5.91 Å². The molecular weight excluding hydrogens is 442 g/mol. The highest BCUT2D eigenvalue weighted by Crippen LogP contribution is 2.36. The average Bonchev–Trinajstić information content (AvgIpc) is 2.80. The van der Waals surface area contributed by atoms with E-state index in [1.165, 1.54) is 9.21 Å². The summed E-state index contributed by atoms with van der Waals surface area (Å²) in [7, 11) is 1.35. The van der Waals surface area contributed by atoms with Crippen molar-refractivity contribution >= 4 is 15.9 Å². The Balaban J connectivity index is 2.07. The van der Waals surface area contributed by atoms with Crippen LogP contribution < -0.4 is 10.1 Å². The molecule has 8 nitrogen and oxygen atoms in total. The highest BCUT2D eigenvalue weighted by Gasteiger charge is 2.37. The summed E-state index contributed by atoms with van der Waals surface area (Å²) < 4.78 is 34.6. The van der Waals surface area contributed by atoms with E-state index in [0.29, 0.717) is 12.1 Å². The van der Waals surface area contributed by atoms with Crippen LogP contribution in [0, 0.1) is 5.92 Å². The smallest absolute Gasteiger partial charge is 0.253 e. The number of likely N-dealkylation sites (N-methyl/N-ethyl adjacent to an activating group) is 1. The third-order valence-electron chi connectivity index (χ3n) is 5.94. The lowest BCUT2D eigenvalue weighted by Crippen LogP contribution is -2.49. The molecule has 0 radical (unpaired) electrons. The molecule has 9 heteroatoms. The van der Waals surface area contributed by atoms with Crippen LogP contribution in [0.15, 0.2) is 47.4 Å². The number of amides is 1. The molecule has 3 rings (SSSR count). The first-order valence-electron chi connectivity index (χ1n) is 11.0. The fourth-order valence-electron chi connectivity index (χ4n) is 3.91. The molecule has 0 aliphatic carbocycles. The molecular formula is C24H33N3O5S. The quantitative estimate of drug-likeness (QED) is 0.664. The molecule has 1 heterocycles. The molecule has 33 heavy (non-hydrogen) atoms. The lowest BCUT2D eigenvalue weighted by molar-refractivity contribution is 0.0827. The van der Waals surface area contributed by atoms with E-state index in [0.717, 1.165) is 11.1 Å². The molecule has 0 aromatic heterocycles. The maximum Gasteiger partial charge on any atom is 0.253 e. The van der Waals surface area contributed by atoms with Crippen LogP contribution in [0.25, 0.3) is 11.1 Å². The van der Waals surface area contributed by atoms with Crippen LogP contribution in [-0.2, 0) is 10.0 Å². The number of aliphatic hydroxyl groups excluding tert-OH is 1. The molecule has 0 saturated heterocycles. The first kappa shape index (κ1) is 25.2. The number of hydrogen-bond donors (Lipinski definition) is 2. The van der Waals surface area contributed by atoms with Crippen molar-refractivity contribution in [2.75, 3.05) is 40.8 Å². The number of rotatable bonds is 6. The Morgan fingerprint density at radius 1 is 1.21 bits per heavy atom. The van der Waals surface area contributed by atoms with Gasteiger partial charge >= 0.3 is 0 Å². The zero-order chi connectivity index (χ0) is 24.3. The second-order valence-electron chi connectivity index (χ2n) is 8.74. The second kappa shape index (κ2) is 10.2. The van der Waals surface area contributed by atoms with Crippen LogP contribution in [0.3, 0.4) is 0 Å². The third-order valence-corrected chi connectivity index (χ3v) is 7.96. The van der Waals surface area contributed by atoms with Crippen molar-refractivity contribution < 1.29 is 23.1 Å². The Kier molecular flexibility index (Phi) is 7.79. The van der Waals surface area contributed by atoms with Crippen LogP contribution in [0.5, 0.6) is 5.75 Å². The Labute approximate surface area is 196 Å². The lowest BCUT2D eigenvalue weighted by Gasteiger charge is -2.36. The van der Waals surface area contributed by atoms with Gasteiger partial charge in [0.1, 0.15) is 16.7 Å². The standard InChI is InChI=1S/C24H33N3O5S/c1-16-14-27(17(2)15-28)33(30,31)23-11-10-20(12-21(23)32-22(16)13-25-3)18-6-8-19(9-7-18)24(29)26(4)5/h6-12,16-17,22,25,28H,13-15H2,1-5H3/t16-,17-,22+/m1/s1. The number of hydrogen-bond acceptors (Lipinski definition) is 6. The zero-order valence-electron chi connectivity index (χ0n) is 19.8. The lowest BCUT2D eigenvalue weighted by atomic mass is 10.0. The van der Waals surface area contributed by atoms with E-state index in [-0.39, 0.29) is 41.7 Å². The molecule has 180 valence electrons. The van der Waals surface area contributed by atoms with Crippen LogP contribution in [0.1, 0.15) is 24.2 Å². The summed E-state index contributed by atoms with van der Waals surface area (Å²) in [5, 5.41) is 12.8. The van der Waals surface area contributed by atoms with E-state index in [9.17, 15) is 18.3 Å². The van der Waals surface area contributed by atoms with Gasteiger partial charge in [0, 0.05) is 44.7 Å². The minimum atomic E-state index is -3.87. The minimum Gasteiger partial charge on any atom is -0.487 e. The molecule has 0 unspecified atom stereocenters. The predicted octanol–water partition coefficient (Wildman–Crippen LogP) is 2.04. The molecule has 0 fully saturated rings. The fourth-order valence-corrected chi connectivity index (χ4v) is 5.74. The van der Waals surface area contributed by atoms with Gasteiger partial charge < -0.3 is 20.1 Å². The Morgan fingerprint density at radius 3 is 2.42 bits per heavy atom. The Bertz CT molecular complexity index is 1090. The molecule has 2 aromatic rings. The largest absolute Gasteiger partial charge is 0.487 e. The van der Waals surface area contributed by atoms with E-state index >= 15 is 0 Å². The number of nitrogens with zero attached hydrogens (tertiary/aromatic N) is 2. The van der Waals surface area contributed by atoms with E-state index in [2.05, 4.69) is 5.32 Å². The molecule has 3 atom stereocenters. The zero-order valence-corrected chi connectivity index (χ0v) is 20.6. The summed E-state index contributed by atoms with van der Waals surface area (Å²) in [6.07, 6.45) is -0.256. The maximum atomic E-state index is 13.5. The van der Waals surface area contributed by atoms with Gasteiger partial charge in [-0.05, 0) is 49.4 Å². The molecule has 1 amide bonds. The molecule has 2 aromatic carbocycles. The molecule has 2 N–H and O–H groups in total. The minimum absolute atomic E-state index is 0.0824. The van der Waals surface area contributed by atoms with Crippen molar-refractivity contribution in [1.29, 1.82) is 0 Å². The number of carbonyl (C=O) groups is 1. The van der Waals surface area contributed by atoms with E-state index < -0.39 is 16.1 Å². The highest BCUT2D eigenvalue weighted by atomic mass is 32.2. The SMILES string of the molecule is CNC[C@@H]1Oc2cc(-c3ccc(C(=O)N(C)C)cc3)ccc2S(=O)(=O)N([C@H](C)CO)C[C@H]1C. The van der Waals surface area contributed by atoms with E-state index in [1.54, 1.807) is 51.4 Å². The Hall–Kier alpha value is -2.46. The van der Waals surface area contributed by atoms with Crippen molar-refractivity contribution in [3.05, 3.63) is 48.0 Å². The summed E-state index contributed by atoms with van der Waals surface area (Å²) in [6.45, 7) is 4.18. The number of carbonyl (C=O) groups excluding carboxylic acids is 1. The van der Waals surface area contributed by atoms with Crippen LogP contribution in [0.4, 0.5) is 0 Å². The average molecular weight is 476 g/mol. The Morgan fingerprint density at radius 2 is 1.85 bits per heavy atom. The van der Waals surface area contributed by atoms with Gasteiger partial charge in [0.15, 0.2) is 0 Å². The number of ether oxygens (including phenoxy) is 1. The maximum absolute atomic E-state index is 13.5. The molecule has 0 bridgehead atoms. The van der Waals surface area contributed by atoms with Gasteiger partial charge in [0.05, 0.1) is 6.61 Å². The van der Waals surface area contributed by atoms with Crippen molar-refractivity contribution in [3.63, 3.8) is 0 Å². The molecule has 1 aliphatic heterocycles. The van der Waals surface area contributed by atoms with Gasteiger partial charge in [-0.25, -0.2) is 8.42 Å². The number of fused-ring (bicyclic) bond motifs is 1. The number of nitrogens with one attached hydrogen (secondary N) is 1. The van der Waals surface area contributed by atoms with E-state index in [1.807, 2.05) is 26.1 Å². The van der Waals surface area contributed by atoms with Gasteiger partial charge in [-0.2, -0.15) is 4.31 Å². The van der Waals surface area contributed by atoms with Gasteiger partial charge in [0.2, 0.25) is 10.0 Å². The normalized spacial score (nSPS) is 21.3. The van der Waals surface area contributed by atoms with E-state index in [4.69, 9.17) is 4.74 Å². The summed E-state index contributed by atoms with van der Waals surface area (Å²) >= 11 is 0. The predicted molar refractivity (Wildman–Crippen MR) is 128 cm³/mol. The summed E-state index contributed by atoms with van der Waals surface area (Å²) in [5.41, 5.74) is 2.20. The van der Waals surface area contributed by atoms with Crippen LogP contribution in [-0.4, -0.2) is 81.6 Å². The molecule has 0 spiro atoms. The number of benzene rings is 2. The topological polar surface area (TPSA) is 99.2 Å². The summed E-state index contributed by atoms with van der Waals surface area (Å²) in [4.78, 5) is 13.8. The van der Waals surface area contributed by atoms with Gasteiger partial charge in [-0.1, -0.05) is 25.1 Å². The fraction of sp³-hybridized carbons (Fsp3) is 0.458. The molecule has 0 saturated carbocycles. The van der Waals surface area contributed by atoms with Crippen LogP contribution >= 0.6 is 0 Å². The second-order valence-corrected chi connectivity index (χ2v) is 10.6. The van der Waals surface area contributed by atoms with Crippen molar-refractivity contribution in [3.8, 4) is 16.9 Å². The van der Waals surface area contributed by atoms with Crippen molar-refractivity contribution in [2.45, 2.75) is 30.9 Å². The first-order chi connectivity index (χ1) is 15.6. The summed E-state index contributed by atoms with van der Waals surface area (Å²) in [5.74, 6) is 0.0911. The first-order valence-corrected chi connectivity index (χ1v) is 12.4. The monoisotopic (exact) mass is 475 g/mol. The van der Waals surface area contributed by atoms with Crippen LogP contribution in [0.2, 0.25) is 0 Å². The number of aliphatic hydroxyl groups is 1. The van der Waals surface area contributed by atoms with Gasteiger partial charge in [-0.15, -0.1) is 0 Å². The molecule has 1 aliphatic rings. The third kappa shape index (κ3) is 5.22. The van der Waals surface area contributed by atoms with Crippen molar-refractivity contribution in [1.82, 2.24) is 14.5 Å². The van der Waals surface area contributed by atoms with Gasteiger partial charge in [-0.3, -0.25) is 4.79 Å². The van der Waals surface area contributed by atoms with Crippen molar-refractivity contribution in [2.24, 2.45) is 5.92 Å². The number of sulfonamides is 1.